The fraction of sp³-hybridized carbons (Fsp3) is 0.357. The zero-order valence-corrected chi connectivity index (χ0v) is 10.2. The SMILES string of the molecule is O=c1[nH]ccc2cc(OC3CC[NH2+]CC3)ccc12. The summed E-state index contributed by atoms with van der Waals surface area (Å²) in [5.41, 5.74) is -0.0497. The van der Waals surface area contributed by atoms with Gasteiger partial charge in [-0.05, 0) is 29.7 Å². The van der Waals surface area contributed by atoms with Gasteiger partial charge in [0.2, 0.25) is 0 Å². The van der Waals surface area contributed by atoms with Crippen molar-refractivity contribution in [1.29, 1.82) is 0 Å². The third kappa shape index (κ3) is 2.24. The normalized spacial score (nSPS) is 16.9. The minimum absolute atomic E-state index is 0.0497. The van der Waals surface area contributed by atoms with Crippen LogP contribution >= 0.6 is 0 Å². The number of ether oxygens (including phenoxy) is 1. The molecular weight excluding hydrogens is 228 g/mol. The van der Waals surface area contributed by atoms with E-state index in [2.05, 4.69) is 10.3 Å². The van der Waals surface area contributed by atoms with Crippen LogP contribution in [0.5, 0.6) is 5.75 Å². The molecule has 1 aromatic carbocycles. The molecule has 0 bridgehead atoms. The Hall–Kier alpha value is -1.81. The summed E-state index contributed by atoms with van der Waals surface area (Å²) in [7, 11) is 0. The molecule has 1 aliphatic heterocycles. The molecule has 1 fully saturated rings. The molecule has 18 heavy (non-hydrogen) atoms. The number of hydrogen-bond donors (Lipinski definition) is 2. The van der Waals surface area contributed by atoms with E-state index in [-0.39, 0.29) is 5.56 Å². The lowest BCUT2D eigenvalue weighted by molar-refractivity contribution is -0.664. The fourth-order valence-electron chi connectivity index (χ4n) is 2.45. The third-order valence-corrected chi connectivity index (χ3v) is 3.43. The summed E-state index contributed by atoms with van der Waals surface area (Å²) in [6.07, 6.45) is 4.17. The lowest BCUT2D eigenvalue weighted by Gasteiger charge is -2.21. The summed E-state index contributed by atoms with van der Waals surface area (Å²) in [5.74, 6) is 0.861. The van der Waals surface area contributed by atoms with Gasteiger partial charge in [0.15, 0.2) is 0 Å². The highest BCUT2D eigenvalue weighted by Crippen LogP contribution is 2.20. The zero-order valence-electron chi connectivity index (χ0n) is 10.2. The second kappa shape index (κ2) is 4.82. The number of fused-ring (bicyclic) bond motifs is 1. The van der Waals surface area contributed by atoms with Crippen molar-refractivity contribution in [2.24, 2.45) is 0 Å². The first-order valence-corrected chi connectivity index (χ1v) is 6.43. The summed E-state index contributed by atoms with van der Waals surface area (Å²) in [5, 5.41) is 3.96. The fourth-order valence-corrected chi connectivity index (χ4v) is 2.45. The summed E-state index contributed by atoms with van der Waals surface area (Å²) in [6.45, 7) is 2.27. The number of aromatic nitrogens is 1. The molecule has 0 saturated carbocycles. The van der Waals surface area contributed by atoms with Crippen LogP contribution in [0.2, 0.25) is 0 Å². The number of pyridine rings is 1. The second-order valence-corrected chi connectivity index (χ2v) is 4.74. The minimum Gasteiger partial charge on any atom is -0.490 e. The van der Waals surface area contributed by atoms with E-state index in [4.69, 9.17) is 4.74 Å². The molecule has 0 aliphatic carbocycles. The van der Waals surface area contributed by atoms with Gasteiger partial charge in [-0.15, -0.1) is 0 Å². The van der Waals surface area contributed by atoms with E-state index >= 15 is 0 Å². The van der Waals surface area contributed by atoms with Crippen molar-refractivity contribution in [3.63, 3.8) is 0 Å². The van der Waals surface area contributed by atoms with Gasteiger partial charge in [0.05, 0.1) is 13.1 Å². The van der Waals surface area contributed by atoms with E-state index in [0.717, 1.165) is 37.1 Å². The second-order valence-electron chi connectivity index (χ2n) is 4.74. The maximum atomic E-state index is 11.6. The Morgan fingerprint density at radius 3 is 2.89 bits per heavy atom. The number of nitrogens with one attached hydrogen (secondary N) is 1. The van der Waals surface area contributed by atoms with E-state index in [1.54, 1.807) is 6.20 Å². The number of piperidine rings is 1. The van der Waals surface area contributed by atoms with Crippen molar-refractivity contribution < 1.29 is 10.1 Å². The van der Waals surface area contributed by atoms with Gasteiger partial charge >= 0.3 is 0 Å². The van der Waals surface area contributed by atoms with Gasteiger partial charge in [0.1, 0.15) is 11.9 Å². The molecule has 0 unspecified atom stereocenters. The van der Waals surface area contributed by atoms with Gasteiger partial charge in [0, 0.05) is 24.4 Å². The number of aromatic amines is 1. The Labute approximate surface area is 105 Å². The molecule has 4 heteroatoms. The number of rotatable bonds is 2. The van der Waals surface area contributed by atoms with E-state index in [1.165, 1.54) is 0 Å². The van der Waals surface area contributed by atoms with Gasteiger partial charge in [-0.25, -0.2) is 0 Å². The molecule has 2 heterocycles. The zero-order chi connectivity index (χ0) is 12.4. The summed E-state index contributed by atoms with van der Waals surface area (Å²) in [6, 6.07) is 7.56. The Morgan fingerprint density at radius 2 is 2.06 bits per heavy atom. The topological polar surface area (TPSA) is 58.7 Å². The lowest BCUT2D eigenvalue weighted by atomic mass is 10.1. The maximum absolute atomic E-state index is 11.6. The van der Waals surface area contributed by atoms with E-state index < -0.39 is 0 Å². The molecular formula is C14H17N2O2+. The van der Waals surface area contributed by atoms with E-state index in [0.29, 0.717) is 11.5 Å². The van der Waals surface area contributed by atoms with Crippen LogP contribution in [0, 0.1) is 0 Å². The van der Waals surface area contributed by atoms with Crippen LogP contribution in [0.1, 0.15) is 12.8 Å². The molecule has 1 saturated heterocycles. The van der Waals surface area contributed by atoms with Gasteiger partial charge < -0.3 is 15.0 Å². The smallest absolute Gasteiger partial charge is 0.255 e. The van der Waals surface area contributed by atoms with Crippen LogP contribution in [0.4, 0.5) is 0 Å². The number of H-pyrrole nitrogens is 1. The summed E-state index contributed by atoms with van der Waals surface area (Å²) >= 11 is 0. The van der Waals surface area contributed by atoms with Crippen LogP contribution < -0.4 is 15.6 Å². The predicted octanol–water partition coefficient (Wildman–Crippen LogP) is 0.633. The van der Waals surface area contributed by atoms with Crippen molar-refractivity contribution in [2.45, 2.75) is 18.9 Å². The molecule has 2 aromatic rings. The van der Waals surface area contributed by atoms with Crippen molar-refractivity contribution in [3.8, 4) is 5.75 Å². The molecule has 94 valence electrons. The Morgan fingerprint density at radius 1 is 1.22 bits per heavy atom. The lowest BCUT2D eigenvalue weighted by Crippen LogP contribution is -2.86. The summed E-state index contributed by atoms with van der Waals surface area (Å²) < 4.78 is 5.97. The van der Waals surface area contributed by atoms with Crippen LogP contribution in [0.3, 0.4) is 0 Å². The first-order chi connectivity index (χ1) is 8.83. The van der Waals surface area contributed by atoms with Crippen LogP contribution in [0.25, 0.3) is 10.8 Å². The highest BCUT2D eigenvalue weighted by atomic mass is 16.5. The van der Waals surface area contributed by atoms with Crippen LogP contribution in [0.15, 0.2) is 35.3 Å². The minimum atomic E-state index is -0.0497. The van der Waals surface area contributed by atoms with Crippen molar-refractivity contribution in [2.75, 3.05) is 13.1 Å². The third-order valence-electron chi connectivity index (χ3n) is 3.43. The number of nitrogens with two attached hydrogens (primary N) is 1. The molecule has 1 aliphatic rings. The first-order valence-electron chi connectivity index (χ1n) is 6.43. The van der Waals surface area contributed by atoms with Gasteiger partial charge in [-0.2, -0.15) is 0 Å². The highest BCUT2D eigenvalue weighted by molar-refractivity contribution is 5.82. The molecule has 0 amide bonds. The average Bonchev–Trinajstić information content (AvgIpc) is 2.40. The van der Waals surface area contributed by atoms with Crippen LogP contribution in [-0.2, 0) is 0 Å². The largest absolute Gasteiger partial charge is 0.490 e. The highest BCUT2D eigenvalue weighted by Gasteiger charge is 2.16. The summed E-state index contributed by atoms with van der Waals surface area (Å²) in [4.78, 5) is 14.3. The van der Waals surface area contributed by atoms with Gasteiger partial charge in [-0.3, -0.25) is 4.79 Å². The standard InChI is InChI=1S/C14H16N2O2/c17-14-13-2-1-12(9-10(13)3-8-16-14)18-11-4-6-15-7-5-11/h1-3,8-9,11,15H,4-7H2,(H,16,17)/p+1. The Kier molecular flexibility index (Phi) is 3.02. The number of benzene rings is 1. The predicted molar refractivity (Wildman–Crippen MR) is 69.9 cm³/mol. The van der Waals surface area contributed by atoms with E-state index in [9.17, 15) is 4.79 Å². The van der Waals surface area contributed by atoms with Gasteiger partial charge in [0.25, 0.3) is 5.56 Å². The first kappa shape index (κ1) is 11.3. The average molecular weight is 245 g/mol. The van der Waals surface area contributed by atoms with Crippen molar-refractivity contribution >= 4 is 10.8 Å². The maximum Gasteiger partial charge on any atom is 0.255 e. The van der Waals surface area contributed by atoms with Crippen LogP contribution in [-0.4, -0.2) is 24.2 Å². The molecule has 3 rings (SSSR count). The molecule has 3 N–H and O–H groups in total. The monoisotopic (exact) mass is 245 g/mol. The van der Waals surface area contributed by atoms with Crippen molar-refractivity contribution in [1.82, 2.24) is 4.98 Å². The Balaban J connectivity index is 1.86. The van der Waals surface area contributed by atoms with Gasteiger partial charge in [-0.1, -0.05) is 0 Å². The van der Waals surface area contributed by atoms with Crippen molar-refractivity contribution in [3.05, 3.63) is 40.8 Å². The molecule has 0 spiro atoms. The van der Waals surface area contributed by atoms with E-state index in [1.807, 2.05) is 24.3 Å². The molecule has 0 radical (unpaired) electrons. The Bertz CT molecular complexity index is 600. The number of quaternary nitrogens is 1. The number of hydrogen-bond acceptors (Lipinski definition) is 2. The quantitative estimate of drug-likeness (QED) is 0.815. The molecule has 1 aromatic heterocycles. The molecule has 4 nitrogen and oxygen atoms in total. The molecule has 0 atom stereocenters.